The van der Waals surface area contributed by atoms with Gasteiger partial charge in [-0.25, -0.2) is 4.79 Å². The van der Waals surface area contributed by atoms with E-state index in [9.17, 15) is 4.79 Å². The van der Waals surface area contributed by atoms with Gasteiger partial charge in [-0.2, -0.15) is 11.8 Å². The number of hydrogen-bond acceptors (Lipinski definition) is 3. The Morgan fingerprint density at radius 2 is 2.33 bits per heavy atom. The van der Waals surface area contributed by atoms with Crippen molar-refractivity contribution >= 4 is 17.7 Å². The summed E-state index contributed by atoms with van der Waals surface area (Å²) in [5, 5.41) is 0. The number of thioether (sulfide) groups is 1. The van der Waals surface area contributed by atoms with Crippen molar-refractivity contribution in [2.75, 3.05) is 18.1 Å². The minimum Gasteiger partial charge on any atom is -0.461 e. The quantitative estimate of drug-likeness (QED) is 0.275. The van der Waals surface area contributed by atoms with Crippen LogP contribution in [-0.4, -0.2) is 24.1 Å². The molecule has 12 heavy (non-hydrogen) atoms. The largest absolute Gasteiger partial charge is 0.461 e. The van der Waals surface area contributed by atoms with Crippen LogP contribution in [0.3, 0.4) is 0 Å². The van der Waals surface area contributed by atoms with Gasteiger partial charge >= 0.3 is 5.97 Å². The van der Waals surface area contributed by atoms with E-state index in [0.717, 1.165) is 11.5 Å². The lowest BCUT2D eigenvalue weighted by atomic mass is 10.4. The topological polar surface area (TPSA) is 26.3 Å². The van der Waals surface area contributed by atoms with Crippen LogP contribution >= 0.6 is 11.8 Å². The molecule has 0 saturated carbocycles. The average Bonchev–Trinajstić information content (AvgIpc) is 2.03. The van der Waals surface area contributed by atoms with E-state index in [2.05, 4.69) is 13.2 Å². The van der Waals surface area contributed by atoms with Gasteiger partial charge in [0.05, 0.1) is 0 Å². The normalized spacial score (nSPS) is 9.08. The predicted molar refractivity (Wildman–Crippen MR) is 53.3 cm³/mol. The van der Waals surface area contributed by atoms with Crippen molar-refractivity contribution in [2.24, 2.45) is 0 Å². The van der Waals surface area contributed by atoms with Crippen molar-refractivity contribution in [3.8, 4) is 0 Å². The third-order valence-electron chi connectivity index (χ3n) is 1.04. The van der Waals surface area contributed by atoms with Crippen molar-refractivity contribution in [3.05, 3.63) is 24.8 Å². The highest BCUT2D eigenvalue weighted by Gasteiger charge is 2.00. The molecule has 0 atom stereocenters. The molecular formula is C9H14O2S. The van der Waals surface area contributed by atoms with Gasteiger partial charge in [-0.05, 0) is 6.92 Å². The molecular weight excluding hydrogens is 172 g/mol. The van der Waals surface area contributed by atoms with Gasteiger partial charge in [-0.15, -0.1) is 6.58 Å². The van der Waals surface area contributed by atoms with Crippen LogP contribution in [0.2, 0.25) is 0 Å². The second-order valence-electron chi connectivity index (χ2n) is 2.28. The first-order valence-corrected chi connectivity index (χ1v) is 4.85. The van der Waals surface area contributed by atoms with Crippen molar-refractivity contribution < 1.29 is 9.53 Å². The van der Waals surface area contributed by atoms with Crippen LogP contribution in [0.15, 0.2) is 24.8 Å². The monoisotopic (exact) mass is 186 g/mol. The lowest BCUT2D eigenvalue weighted by molar-refractivity contribution is -0.138. The summed E-state index contributed by atoms with van der Waals surface area (Å²) in [6.45, 7) is 9.14. The van der Waals surface area contributed by atoms with E-state index < -0.39 is 0 Å². The van der Waals surface area contributed by atoms with Gasteiger partial charge in [-0.1, -0.05) is 12.7 Å². The SMILES string of the molecule is C=CCSCCOC(=O)C(=C)C. The van der Waals surface area contributed by atoms with Gasteiger partial charge in [0.15, 0.2) is 0 Å². The first-order chi connectivity index (χ1) is 5.68. The lowest BCUT2D eigenvalue weighted by Gasteiger charge is -2.02. The summed E-state index contributed by atoms with van der Waals surface area (Å²) in [6.07, 6.45) is 1.82. The van der Waals surface area contributed by atoms with E-state index >= 15 is 0 Å². The maximum Gasteiger partial charge on any atom is 0.333 e. The fourth-order valence-electron chi connectivity index (χ4n) is 0.483. The smallest absolute Gasteiger partial charge is 0.333 e. The average molecular weight is 186 g/mol. The third kappa shape index (κ3) is 6.04. The van der Waals surface area contributed by atoms with Gasteiger partial charge in [0, 0.05) is 17.1 Å². The van der Waals surface area contributed by atoms with Crippen LogP contribution in [0, 0.1) is 0 Å². The number of carbonyl (C=O) groups excluding carboxylic acids is 1. The van der Waals surface area contributed by atoms with Crippen LogP contribution < -0.4 is 0 Å². The summed E-state index contributed by atoms with van der Waals surface area (Å²) in [6, 6.07) is 0. The zero-order valence-electron chi connectivity index (χ0n) is 7.34. The second-order valence-corrected chi connectivity index (χ2v) is 3.43. The zero-order chi connectivity index (χ0) is 9.40. The Kier molecular flexibility index (Phi) is 6.57. The summed E-state index contributed by atoms with van der Waals surface area (Å²) in [7, 11) is 0. The fraction of sp³-hybridized carbons (Fsp3) is 0.444. The third-order valence-corrected chi connectivity index (χ3v) is 1.97. The van der Waals surface area contributed by atoms with Crippen molar-refractivity contribution in [1.29, 1.82) is 0 Å². The minimum atomic E-state index is -0.311. The molecule has 0 aromatic carbocycles. The maximum atomic E-state index is 10.8. The van der Waals surface area contributed by atoms with E-state index in [4.69, 9.17) is 4.74 Å². The molecule has 2 nitrogen and oxygen atoms in total. The molecule has 0 aliphatic heterocycles. The molecule has 0 aliphatic rings. The Morgan fingerprint density at radius 1 is 1.67 bits per heavy atom. The molecule has 0 fully saturated rings. The predicted octanol–water partition coefficient (Wildman–Crippen LogP) is 2.02. The standard InChI is InChI=1S/C9H14O2S/c1-4-6-12-7-5-11-9(10)8(2)3/h4H,1-2,5-7H2,3H3. The summed E-state index contributed by atoms with van der Waals surface area (Å²) in [5.41, 5.74) is 0.448. The van der Waals surface area contributed by atoms with Crippen LogP contribution in [0.5, 0.6) is 0 Å². The number of carbonyl (C=O) groups is 1. The van der Waals surface area contributed by atoms with Crippen LogP contribution in [0.1, 0.15) is 6.92 Å². The summed E-state index contributed by atoms with van der Waals surface area (Å²) >= 11 is 1.68. The molecule has 0 aromatic heterocycles. The minimum absolute atomic E-state index is 0.311. The van der Waals surface area contributed by atoms with Gasteiger partial charge < -0.3 is 4.74 Å². The summed E-state index contributed by atoms with van der Waals surface area (Å²) in [5.74, 6) is 1.39. The zero-order valence-corrected chi connectivity index (χ0v) is 8.15. The van der Waals surface area contributed by atoms with E-state index in [1.54, 1.807) is 18.7 Å². The summed E-state index contributed by atoms with van der Waals surface area (Å²) in [4.78, 5) is 10.8. The van der Waals surface area contributed by atoms with Gasteiger partial charge in [-0.3, -0.25) is 0 Å². The Morgan fingerprint density at radius 3 is 2.83 bits per heavy atom. The highest BCUT2D eigenvalue weighted by Crippen LogP contribution is 2.00. The molecule has 0 saturated heterocycles. The number of esters is 1. The molecule has 68 valence electrons. The van der Waals surface area contributed by atoms with Crippen molar-refractivity contribution in [3.63, 3.8) is 0 Å². The highest BCUT2D eigenvalue weighted by atomic mass is 32.2. The molecule has 0 aromatic rings. The number of ether oxygens (including phenoxy) is 1. The summed E-state index contributed by atoms with van der Waals surface area (Å²) < 4.78 is 4.86. The molecule has 0 N–H and O–H groups in total. The fourth-order valence-corrected chi connectivity index (χ4v) is 1.02. The molecule has 0 radical (unpaired) electrons. The molecule has 0 aliphatic carbocycles. The number of hydrogen-bond donors (Lipinski definition) is 0. The van der Waals surface area contributed by atoms with Crippen LogP contribution in [0.25, 0.3) is 0 Å². The van der Waals surface area contributed by atoms with Crippen molar-refractivity contribution in [2.45, 2.75) is 6.92 Å². The number of rotatable bonds is 6. The first kappa shape index (κ1) is 11.3. The van der Waals surface area contributed by atoms with Gasteiger partial charge in [0.25, 0.3) is 0 Å². The molecule has 0 unspecified atom stereocenters. The molecule has 3 heteroatoms. The molecule has 0 heterocycles. The van der Waals surface area contributed by atoms with Gasteiger partial charge in [0.2, 0.25) is 0 Å². The van der Waals surface area contributed by atoms with E-state index in [0.29, 0.717) is 12.2 Å². The molecule has 0 spiro atoms. The van der Waals surface area contributed by atoms with E-state index in [1.807, 2.05) is 6.08 Å². The van der Waals surface area contributed by atoms with Crippen LogP contribution in [0.4, 0.5) is 0 Å². The Hall–Kier alpha value is -0.700. The molecule has 0 bridgehead atoms. The Labute approximate surface area is 77.7 Å². The van der Waals surface area contributed by atoms with E-state index in [1.165, 1.54) is 0 Å². The Balaban J connectivity index is 3.25. The highest BCUT2D eigenvalue weighted by molar-refractivity contribution is 7.99. The van der Waals surface area contributed by atoms with Crippen molar-refractivity contribution in [1.82, 2.24) is 0 Å². The molecule has 0 rings (SSSR count). The maximum absolute atomic E-state index is 10.8. The lowest BCUT2D eigenvalue weighted by Crippen LogP contribution is -2.07. The van der Waals surface area contributed by atoms with Crippen LogP contribution in [-0.2, 0) is 9.53 Å². The second kappa shape index (κ2) is 6.98. The Bertz CT molecular complexity index is 175. The van der Waals surface area contributed by atoms with E-state index in [-0.39, 0.29) is 5.97 Å². The first-order valence-electron chi connectivity index (χ1n) is 3.69. The van der Waals surface area contributed by atoms with Gasteiger partial charge in [0.1, 0.15) is 6.61 Å². The molecule has 0 amide bonds.